The lowest BCUT2D eigenvalue weighted by Gasteiger charge is -2.29. The Morgan fingerprint density at radius 1 is 1.05 bits per heavy atom. The standard InChI is InChI=1S/C18H25N3/c1-15(2)20-13-18(17-7-5-4-6-8-17)21(3)14-16-9-11-19-12-10-16/h4-12,15,18,20H,13-14H2,1-3H3. The zero-order valence-electron chi connectivity index (χ0n) is 13.2. The van der Waals surface area contributed by atoms with E-state index in [4.69, 9.17) is 0 Å². The van der Waals surface area contributed by atoms with Gasteiger partial charge < -0.3 is 5.32 Å². The molecule has 3 heteroatoms. The summed E-state index contributed by atoms with van der Waals surface area (Å²) in [5.41, 5.74) is 2.64. The number of hydrogen-bond acceptors (Lipinski definition) is 3. The molecule has 0 radical (unpaired) electrons. The average molecular weight is 283 g/mol. The second-order valence-electron chi connectivity index (χ2n) is 5.76. The summed E-state index contributed by atoms with van der Waals surface area (Å²) in [4.78, 5) is 6.47. The first-order chi connectivity index (χ1) is 10.2. The molecule has 0 aliphatic rings. The van der Waals surface area contributed by atoms with E-state index in [1.165, 1.54) is 11.1 Å². The smallest absolute Gasteiger partial charge is 0.0473 e. The molecule has 0 amide bonds. The SMILES string of the molecule is CC(C)NCC(c1ccccc1)N(C)Cc1ccncc1. The van der Waals surface area contributed by atoms with E-state index < -0.39 is 0 Å². The van der Waals surface area contributed by atoms with Gasteiger partial charge in [0.25, 0.3) is 0 Å². The van der Waals surface area contributed by atoms with Crippen LogP contribution in [0.5, 0.6) is 0 Å². The monoisotopic (exact) mass is 283 g/mol. The van der Waals surface area contributed by atoms with Crippen molar-refractivity contribution in [1.29, 1.82) is 0 Å². The van der Waals surface area contributed by atoms with Crippen molar-refractivity contribution in [3.8, 4) is 0 Å². The van der Waals surface area contributed by atoms with Gasteiger partial charge in [0, 0.05) is 37.6 Å². The Morgan fingerprint density at radius 2 is 1.71 bits per heavy atom. The van der Waals surface area contributed by atoms with Gasteiger partial charge in [0.1, 0.15) is 0 Å². The summed E-state index contributed by atoms with van der Waals surface area (Å²) in [5.74, 6) is 0. The molecule has 0 aliphatic carbocycles. The van der Waals surface area contributed by atoms with Crippen LogP contribution in [0.1, 0.15) is 31.0 Å². The molecule has 0 spiro atoms. The van der Waals surface area contributed by atoms with Gasteiger partial charge in [0.05, 0.1) is 0 Å². The normalized spacial score (nSPS) is 12.8. The third kappa shape index (κ3) is 4.96. The highest BCUT2D eigenvalue weighted by molar-refractivity contribution is 5.20. The first-order valence-corrected chi connectivity index (χ1v) is 7.54. The second kappa shape index (κ2) is 7.91. The second-order valence-corrected chi connectivity index (χ2v) is 5.76. The number of rotatable bonds is 7. The summed E-state index contributed by atoms with van der Waals surface area (Å²) >= 11 is 0. The number of nitrogens with one attached hydrogen (secondary N) is 1. The Hall–Kier alpha value is -1.71. The molecule has 0 saturated heterocycles. The van der Waals surface area contributed by atoms with Gasteiger partial charge in [-0.25, -0.2) is 0 Å². The molecule has 1 aromatic carbocycles. The highest BCUT2D eigenvalue weighted by atomic mass is 15.1. The topological polar surface area (TPSA) is 28.2 Å². The number of nitrogens with zero attached hydrogens (tertiary/aromatic N) is 2. The lowest BCUT2D eigenvalue weighted by Crippen LogP contribution is -2.36. The van der Waals surface area contributed by atoms with Crippen LogP contribution in [0.4, 0.5) is 0 Å². The van der Waals surface area contributed by atoms with Gasteiger partial charge >= 0.3 is 0 Å². The predicted octanol–water partition coefficient (Wildman–Crippen LogP) is 3.25. The molecule has 3 nitrogen and oxygen atoms in total. The summed E-state index contributed by atoms with van der Waals surface area (Å²) in [5, 5.41) is 3.56. The molecular formula is C18H25N3. The van der Waals surface area contributed by atoms with Crippen LogP contribution in [0.15, 0.2) is 54.9 Å². The summed E-state index contributed by atoms with van der Waals surface area (Å²) in [6, 6.07) is 15.7. The van der Waals surface area contributed by atoms with Crippen molar-refractivity contribution >= 4 is 0 Å². The zero-order valence-corrected chi connectivity index (χ0v) is 13.2. The largest absolute Gasteiger partial charge is 0.313 e. The van der Waals surface area contributed by atoms with Crippen LogP contribution in [0.2, 0.25) is 0 Å². The van der Waals surface area contributed by atoms with E-state index in [2.05, 4.69) is 78.6 Å². The maximum absolute atomic E-state index is 4.08. The van der Waals surface area contributed by atoms with Gasteiger partial charge in [-0.05, 0) is 30.3 Å². The van der Waals surface area contributed by atoms with Crippen LogP contribution in [-0.2, 0) is 6.54 Å². The van der Waals surface area contributed by atoms with E-state index in [1.54, 1.807) is 0 Å². The molecule has 0 saturated carbocycles. The van der Waals surface area contributed by atoms with E-state index in [9.17, 15) is 0 Å². The molecule has 1 atom stereocenters. The van der Waals surface area contributed by atoms with Crippen molar-refractivity contribution < 1.29 is 0 Å². The lowest BCUT2D eigenvalue weighted by molar-refractivity contribution is 0.226. The molecule has 21 heavy (non-hydrogen) atoms. The fourth-order valence-corrected chi connectivity index (χ4v) is 2.44. The Kier molecular flexibility index (Phi) is 5.90. The van der Waals surface area contributed by atoms with Crippen LogP contribution in [0, 0.1) is 0 Å². The minimum absolute atomic E-state index is 0.363. The molecular weight excluding hydrogens is 258 g/mol. The maximum Gasteiger partial charge on any atom is 0.0473 e. The summed E-state index contributed by atoms with van der Waals surface area (Å²) in [7, 11) is 2.18. The number of pyridine rings is 1. The minimum atomic E-state index is 0.363. The molecule has 1 unspecified atom stereocenters. The third-order valence-electron chi connectivity index (χ3n) is 3.62. The quantitative estimate of drug-likeness (QED) is 0.845. The Morgan fingerprint density at radius 3 is 2.33 bits per heavy atom. The Bertz CT molecular complexity index is 511. The van der Waals surface area contributed by atoms with Gasteiger partial charge in [-0.3, -0.25) is 9.88 Å². The van der Waals surface area contributed by atoms with Gasteiger partial charge in [0.15, 0.2) is 0 Å². The highest BCUT2D eigenvalue weighted by Gasteiger charge is 2.17. The third-order valence-corrected chi connectivity index (χ3v) is 3.62. The summed E-state index contributed by atoms with van der Waals surface area (Å²) < 4.78 is 0. The molecule has 0 bridgehead atoms. The van der Waals surface area contributed by atoms with Crippen molar-refractivity contribution in [2.75, 3.05) is 13.6 Å². The zero-order chi connectivity index (χ0) is 15.1. The van der Waals surface area contributed by atoms with Gasteiger partial charge in [-0.15, -0.1) is 0 Å². The maximum atomic E-state index is 4.08. The van der Waals surface area contributed by atoms with Crippen LogP contribution < -0.4 is 5.32 Å². The van der Waals surface area contributed by atoms with Gasteiger partial charge in [-0.1, -0.05) is 44.2 Å². The summed E-state index contributed by atoms with van der Waals surface area (Å²) in [6.07, 6.45) is 3.71. The molecule has 112 valence electrons. The van der Waals surface area contributed by atoms with E-state index in [1.807, 2.05) is 12.4 Å². The van der Waals surface area contributed by atoms with Crippen molar-refractivity contribution in [3.05, 3.63) is 66.0 Å². The van der Waals surface area contributed by atoms with E-state index in [0.29, 0.717) is 12.1 Å². The van der Waals surface area contributed by atoms with Crippen LogP contribution in [0.25, 0.3) is 0 Å². The average Bonchev–Trinajstić information content (AvgIpc) is 2.49. The minimum Gasteiger partial charge on any atom is -0.313 e. The van der Waals surface area contributed by atoms with E-state index in [0.717, 1.165) is 13.1 Å². The molecule has 0 aliphatic heterocycles. The van der Waals surface area contributed by atoms with E-state index in [-0.39, 0.29) is 0 Å². The van der Waals surface area contributed by atoms with Gasteiger partial charge in [0.2, 0.25) is 0 Å². The number of aromatic nitrogens is 1. The van der Waals surface area contributed by atoms with Gasteiger partial charge in [-0.2, -0.15) is 0 Å². The number of hydrogen-bond donors (Lipinski definition) is 1. The Labute approximate surface area is 128 Å². The lowest BCUT2D eigenvalue weighted by atomic mass is 10.0. The Balaban J connectivity index is 2.10. The first kappa shape index (κ1) is 15.7. The highest BCUT2D eigenvalue weighted by Crippen LogP contribution is 2.20. The molecule has 0 fully saturated rings. The summed E-state index contributed by atoms with van der Waals surface area (Å²) in [6.45, 7) is 6.24. The fraction of sp³-hybridized carbons (Fsp3) is 0.389. The molecule has 1 N–H and O–H groups in total. The van der Waals surface area contributed by atoms with Crippen LogP contribution in [-0.4, -0.2) is 29.5 Å². The molecule has 1 heterocycles. The molecule has 1 aromatic heterocycles. The fourth-order valence-electron chi connectivity index (χ4n) is 2.44. The molecule has 2 aromatic rings. The first-order valence-electron chi connectivity index (χ1n) is 7.54. The number of benzene rings is 1. The van der Waals surface area contributed by atoms with Crippen molar-refractivity contribution in [2.45, 2.75) is 32.5 Å². The predicted molar refractivity (Wildman–Crippen MR) is 88.0 cm³/mol. The van der Waals surface area contributed by atoms with Crippen molar-refractivity contribution in [2.24, 2.45) is 0 Å². The van der Waals surface area contributed by atoms with Crippen molar-refractivity contribution in [3.63, 3.8) is 0 Å². The van der Waals surface area contributed by atoms with E-state index >= 15 is 0 Å². The number of likely N-dealkylation sites (N-methyl/N-ethyl adjacent to an activating group) is 1. The van der Waals surface area contributed by atoms with Crippen LogP contribution in [0.3, 0.4) is 0 Å². The van der Waals surface area contributed by atoms with Crippen LogP contribution >= 0.6 is 0 Å². The molecule has 2 rings (SSSR count). The van der Waals surface area contributed by atoms with Crippen molar-refractivity contribution in [1.82, 2.24) is 15.2 Å².